The van der Waals surface area contributed by atoms with E-state index >= 15 is 0 Å². The Hall–Kier alpha value is -0.830. The minimum absolute atomic E-state index is 0.142. The first-order chi connectivity index (χ1) is 6.34. The van der Waals surface area contributed by atoms with E-state index in [2.05, 4.69) is 9.55 Å². The maximum Gasteiger partial charge on any atom is 0.111 e. The van der Waals surface area contributed by atoms with Crippen molar-refractivity contribution in [3.63, 3.8) is 0 Å². The van der Waals surface area contributed by atoms with Crippen LogP contribution in [0.4, 0.5) is 0 Å². The van der Waals surface area contributed by atoms with Gasteiger partial charge in [0.25, 0.3) is 0 Å². The minimum Gasteiger partial charge on any atom is -0.393 e. The summed E-state index contributed by atoms with van der Waals surface area (Å²) < 4.78 is 2.31. The second kappa shape index (κ2) is 2.58. The highest BCUT2D eigenvalue weighted by Crippen LogP contribution is 2.40. The zero-order chi connectivity index (χ0) is 8.84. The lowest BCUT2D eigenvalue weighted by atomic mass is 10.1. The third kappa shape index (κ3) is 1.18. The zero-order valence-electron chi connectivity index (χ0n) is 7.61. The van der Waals surface area contributed by atoms with Gasteiger partial charge in [0.05, 0.1) is 6.10 Å². The van der Waals surface area contributed by atoms with Crippen LogP contribution in [0.25, 0.3) is 0 Å². The number of aliphatic hydroxyl groups is 1. The summed E-state index contributed by atoms with van der Waals surface area (Å²) in [6.07, 6.45) is 6.09. The van der Waals surface area contributed by atoms with Crippen LogP contribution in [0, 0.1) is 0 Å². The molecule has 70 valence electrons. The summed E-state index contributed by atoms with van der Waals surface area (Å²) >= 11 is 0. The molecule has 0 bridgehead atoms. The Morgan fingerprint density at radius 2 is 2.23 bits per heavy atom. The Morgan fingerprint density at radius 3 is 3.00 bits per heavy atom. The maximum atomic E-state index is 9.48. The van der Waals surface area contributed by atoms with Gasteiger partial charge in [-0.25, -0.2) is 4.98 Å². The summed E-state index contributed by atoms with van der Waals surface area (Å²) in [5.74, 6) is 1.99. The van der Waals surface area contributed by atoms with Gasteiger partial charge >= 0.3 is 0 Å². The Bertz CT molecular complexity index is 328. The fourth-order valence-corrected chi connectivity index (χ4v) is 2.14. The molecule has 0 aromatic carbocycles. The highest BCUT2D eigenvalue weighted by Gasteiger charge is 2.30. The first kappa shape index (κ1) is 7.56. The topological polar surface area (TPSA) is 38.0 Å². The smallest absolute Gasteiger partial charge is 0.111 e. The predicted octanol–water partition coefficient (Wildman–Crippen LogP) is 1.07. The number of aliphatic hydroxyl groups excluding tert-OH is 1. The molecule has 1 aromatic heterocycles. The molecule has 1 saturated carbocycles. The molecule has 0 radical (unpaired) electrons. The van der Waals surface area contributed by atoms with E-state index in [4.69, 9.17) is 0 Å². The first-order valence-corrected chi connectivity index (χ1v) is 5.07. The van der Waals surface area contributed by atoms with Crippen LogP contribution in [0.15, 0.2) is 6.20 Å². The van der Waals surface area contributed by atoms with Gasteiger partial charge < -0.3 is 9.67 Å². The van der Waals surface area contributed by atoms with E-state index in [1.165, 1.54) is 24.4 Å². The third-order valence-corrected chi connectivity index (χ3v) is 3.04. The van der Waals surface area contributed by atoms with Crippen LogP contribution in [0.1, 0.15) is 36.7 Å². The zero-order valence-corrected chi connectivity index (χ0v) is 7.61. The van der Waals surface area contributed by atoms with Gasteiger partial charge in [-0.1, -0.05) is 0 Å². The lowest BCUT2D eigenvalue weighted by molar-refractivity contribution is 0.143. The minimum atomic E-state index is -0.142. The average molecular weight is 178 g/mol. The van der Waals surface area contributed by atoms with Gasteiger partial charge in [0, 0.05) is 30.8 Å². The van der Waals surface area contributed by atoms with E-state index in [9.17, 15) is 5.11 Å². The van der Waals surface area contributed by atoms with Crippen molar-refractivity contribution in [2.45, 2.75) is 44.2 Å². The highest BCUT2D eigenvalue weighted by molar-refractivity contribution is 5.15. The monoisotopic (exact) mass is 178 g/mol. The third-order valence-electron chi connectivity index (χ3n) is 3.04. The normalized spacial score (nSPS) is 27.3. The van der Waals surface area contributed by atoms with Crippen molar-refractivity contribution in [3.05, 3.63) is 17.7 Å². The molecule has 1 aliphatic heterocycles. The van der Waals surface area contributed by atoms with Crippen LogP contribution >= 0.6 is 0 Å². The quantitative estimate of drug-likeness (QED) is 0.698. The molecule has 0 saturated heterocycles. The second-order valence-corrected chi connectivity index (χ2v) is 4.18. The number of aromatic nitrogens is 2. The fraction of sp³-hybridized carbons (Fsp3) is 0.700. The van der Waals surface area contributed by atoms with Crippen LogP contribution in [0.2, 0.25) is 0 Å². The van der Waals surface area contributed by atoms with Crippen LogP contribution < -0.4 is 0 Å². The van der Waals surface area contributed by atoms with Gasteiger partial charge in [-0.3, -0.25) is 0 Å². The van der Waals surface area contributed by atoms with E-state index in [1.54, 1.807) is 0 Å². The molecule has 1 atom stereocenters. The lowest BCUT2D eigenvalue weighted by Crippen LogP contribution is -2.23. The number of imidazole rings is 1. The summed E-state index contributed by atoms with van der Waals surface area (Å²) in [4.78, 5) is 4.45. The molecule has 3 heteroatoms. The van der Waals surface area contributed by atoms with Gasteiger partial charge in [-0.05, 0) is 19.3 Å². The predicted molar refractivity (Wildman–Crippen MR) is 48.5 cm³/mol. The molecule has 3 nitrogen and oxygen atoms in total. The van der Waals surface area contributed by atoms with Gasteiger partial charge in [0.15, 0.2) is 0 Å². The number of hydrogen-bond acceptors (Lipinski definition) is 2. The Kier molecular flexibility index (Phi) is 1.50. The van der Waals surface area contributed by atoms with Crippen LogP contribution in [0.3, 0.4) is 0 Å². The Labute approximate surface area is 77.4 Å². The maximum absolute atomic E-state index is 9.48. The van der Waals surface area contributed by atoms with E-state index < -0.39 is 0 Å². The van der Waals surface area contributed by atoms with Crippen molar-refractivity contribution in [3.8, 4) is 0 Å². The van der Waals surface area contributed by atoms with Gasteiger partial charge in [-0.2, -0.15) is 0 Å². The van der Waals surface area contributed by atoms with Crippen molar-refractivity contribution >= 4 is 0 Å². The van der Waals surface area contributed by atoms with Crippen molar-refractivity contribution in [2.24, 2.45) is 0 Å². The molecule has 0 amide bonds. The molecule has 2 aliphatic rings. The molecule has 1 N–H and O–H groups in total. The summed E-state index contributed by atoms with van der Waals surface area (Å²) in [5.41, 5.74) is 1.22. The number of rotatable bonds is 1. The summed E-state index contributed by atoms with van der Waals surface area (Å²) in [6.45, 7) is 0.961. The van der Waals surface area contributed by atoms with Crippen LogP contribution in [-0.4, -0.2) is 20.8 Å². The lowest BCUT2D eigenvalue weighted by Gasteiger charge is -2.20. The highest BCUT2D eigenvalue weighted by atomic mass is 16.3. The van der Waals surface area contributed by atoms with Gasteiger partial charge in [0.2, 0.25) is 0 Å². The van der Waals surface area contributed by atoms with Crippen LogP contribution in [0.5, 0.6) is 0 Å². The molecular weight excluding hydrogens is 164 g/mol. The van der Waals surface area contributed by atoms with Gasteiger partial charge in [-0.15, -0.1) is 0 Å². The summed E-state index contributed by atoms with van der Waals surface area (Å²) in [6, 6.07) is 0. The Balaban J connectivity index is 1.97. The van der Waals surface area contributed by atoms with E-state index in [-0.39, 0.29) is 6.10 Å². The SMILES string of the molecule is OC1CCn2c(cnc2C2CC2)C1. The number of fused-ring (bicyclic) bond motifs is 1. The largest absolute Gasteiger partial charge is 0.393 e. The molecule has 1 aliphatic carbocycles. The van der Waals surface area contributed by atoms with Crippen molar-refractivity contribution in [2.75, 3.05) is 0 Å². The van der Waals surface area contributed by atoms with Gasteiger partial charge in [0.1, 0.15) is 5.82 Å². The van der Waals surface area contributed by atoms with E-state index in [0.29, 0.717) is 0 Å². The second-order valence-electron chi connectivity index (χ2n) is 4.18. The molecule has 13 heavy (non-hydrogen) atoms. The van der Waals surface area contributed by atoms with Crippen molar-refractivity contribution in [1.82, 2.24) is 9.55 Å². The van der Waals surface area contributed by atoms with Crippen molar-refractivity contribution < 1.29 is 5.11 Å². The molecule has 1 unspecified atom stereocenters. The summed E-state index contributed by atoms with van der Waals surface area (Å²) in [7, 11) is 0. The molecule has 1 aromatic rings. The van der Waals surface area contributed by atoms with Crippen molar-refractivity contribution in [1.29, 1.82) is 0 Å². The standard InChI is InChI=1S/C10H14N2O/c13-9-3-4-12-8(5-9)6-11-10(12)7-1-2-7/h6-7,9,13H,1-5H2. The number of nitrogens with zero attached hydrogens (tertiary/aromatic N) is 2. The average Bonchev–Trinajstić information content (AvgIpc) is 2.87. The fourth-order valence-electron chi connectivity index (χ4n) is 2.14. The first-order valence-electron chi connectivity index (χ1n) is 5.07. The Morgan fingerprint density at radius 1 is 1.38 bits per heavy atom. The summed E-state index contributed by atoms with van der Waals surface area (Å²) in [5, 5.41) is 9.48. The molecule has 1 fully saturated rings. The molecular formula is C10H14N2O. The number of hydrogen-bond donors (Lipinski definition) is 1. The molecule has 2 heterocycles. The van der Waals surface area contributed by atoms with E-state index in [1.807, 2.05) is 6.20 Å². The molecule has 0 spiro atoms. The molecule has 3 rings (SSSR count). The van der Waals surface area contributed by atoms with E-state index in [0.717, 1.165) is 25.3 Å². The van der Waals surface area contributed by atoms with Crippen LogP contribution in [-0.2, 0) is 13.0 Å².